The minimum atomic E-state index is -0.547. The number of rotatable bonds is 11. The number of benzene rings is 3. The van der Waals surface area contributed by atoms with Crippen LogP contribution in [0.2, 0.25) is 5.02 Å². The van der Waals surface area contributed by atoms with Crippen LogP contribution >= 0.6 is 23.4 Å². The number of hydrogen-bond donors (Lipinski definition) is 2. The van der Waals surface area contributed by atoms with Gasteiger partial charge in [-0.2, -0.15) is 26.6 Å². The van der Waals surface area contributed by atoms with E-state index in [9.17, 15) is 9.59 Å². The number of thioether (sulfide) groups is 1. The van der Waals surface area contributed by atoms with Gasteiger partial charge in [0.15, 0.2) is 0 Å². The van der Waals surface area contributed by atoms with Crippen LogP contribution in [0.4, 0.5) is 10.5 Å². The Bertz CT molecular complexity index is 1780. The van der Waals surface area contributed by atoms with Crippen molar-refractivity contribution in [1.29, 1.82) is 0 Å². The Balaban J connectivity index is 1.45. The largest absolute Gasteiger partial charge is 0.453 e. The van der Waals surface area contributed by atoms with Crippen LogP contribution in [-0.2, 0) is 21.7 Å². The molecule has 228 valence electrons. The van der Waals surface area contributed by atoms with Crippen molar-refractivity contribution in [2.75, 3.05) is 18.7 Å². The Kier molecular flexibility index (Phi) is 10.5. The molecule has 2 amide bonds. The van der Waals surface area contributed by atoms with E-state index < -0.39 is 12.1 Å². The third kappa shape index (κ3) is 8.31. The summed E-state index contributed by atoms with van der Waals surface area (Å²) in [4.78, 5) is 25.0. The zero-order chi connectivity index (χ0) is 31.6. The molecule has 2 heterocycles. The number of amides is 2. The predicted octanol–water partition coefficient (Wildman–Crippen LogP) is 5.93. The molecule has 0 spiro atoms. The van der Waals surface area contributed by atoms with Crippen LogP contribution in [-0.4, -0.2) is 55.8 Å². The maximum atomic E-state index is 13.4. The van der Waals surface area contributed by atoms with E-state index in [1.165, 1.54) is 24.2 Å². The van der Waals surface area contributed by atoms with E-state index in [-0.39, 0.29) is 5.91 Å². The second-order valence-corrected chi connectivity index (χ2v) is 11.1. The molecular weight excluding hydrogens is 612 g/mol. The highest BCUT2D eigenvalue weighted by atomic mass is 35.5. The van der Waals surface area contributed by atoms with Crippen molar-refractivity contribution < 1.29 is 14.3 Å². The second-order valence-electron chi connectivity index (χ2n) is 9.80. The fourth-order valence-electron chi connectivity index (χ4n) is 4.60. The molecule has 0 fully saturated rings. The van der Waals surface area contributed by atoms with Gasteiger partial charge >= 0.3 is 6.09 Å². The summed E-state index contributed by atoms with van der Waals surface area (Å²) in [5.74, 6) is 0.320. The lowest BCUT2D eigenvalue weighted by Gasteiger charge is -2.19. The van der Waals surface area contributed by atoms with Crippen LogP contribution in [0.5, 0.6) is 0 Å². The fourth-order valence-corrected chi connectivity index (χ4v) is 5.27. The maximum Gasteiger partial charge on any atom is 0.411 e. The molecule has 0 bridgehead atoms. The fraction of sp³-hybridized carbons (Fsp3) is 0.156. The van der Waals surface area contributed by atoms with Crippen LogP contribution in [0.1, 0.15) is 28.6 Å². The average molecular weight is 641 g/mol. The highest BCUT2D eigenvalue weighted by Crippen LogP contribution is 2.29. The standard InChI is InChI=1S/C32H29ClN8O3S/c1-44-32(43)35-25-12-8-22(9-13-25)26-18-28(37-38-29(26)19-45-2)27(16-21-6-4-3-5-7-21)36-31(42)15-10-23-17-24(33)11-14-30(23)41-20-34-39-40-41/h3-15,17-18,20,27H,16,19H2,1-2H3,(H,35,43)(H,36,42)/b15-10+. The van der Waals surface area contributed by atoms with Gasteiger partial charge in [0, 0.05) is 33.7 Å². The lowest BCUT2D eigenvalue weighted by molar-refractivity contribution is -0.117. The monoisotopic (exact) mass is 640 g/mol. The van der Waals surface area contributed by atoms with Crippen LogP contribution in [0.3, 0.4) is 0 Å². The number of nitrogens with zero attached hydrogens (tertiary/aromatic N) is 6. The highest BCUT2D eigenvalue weighted by Gasteiger charge is 2.20. The van der Waals surface area contributed by atoms with Gasteiger partial charge in [-0.15, -0.1) is 5.10 Å². The zero-order valence-corrected chi connectivity index (χ0v) is 26.0. The van der Waals surface area contributed by atoms with Gasteiger partial charge in [-0.3, -0.25) is 10.1 Å². The van der Waals surface area contributed by atoms with E-state index in [4.69, 9.17) is 11.6 Å². The van der Waals surface area contributed by atoms with E-state index in [2.05, 4.69) is 41.1 Å². The first kappa shape index (κ1) is 31.4. The third-order valence-corrected chi connectivity index (χ3v) is 7.55. The number of halogens is 1. The van der Waals surface area contributed by atoms with Crippen LogP contribution in [0.25, 0.3) is 22.9 Å². The summed E-state index contributed by atoms with van der Waals surface area (Å²) in [5.41, 5.74) is 6.15. The smallest absolute Gasteiger partial charge is 0.411 e. The Morgan fingerprint density at radius 2 is 1.84 bits per heavy atom. The first-order chi connectivity index (χ1) is 21.9. The second kappa shape index (κ2) is 15.1. The molecular formula is C32H29ClN8O3S. The van der Waals surface area contributed by atoms with E-state index >= 15 is 0 Å². The van der Waals surface area contributed by atoms with Gasteiger partial charge in [-0.1, -0.05) is 54.1 Å². The van der Waals surface area contributed by atoms with Gasteiger partial charge in [0.2, 0.25) is 5.91 Å². The molecule has 0 aliphatic carbocycles. The van der Waals surface area contributed by atoms with E-state index in [1.54, 1.807) is 48.2 Å². The number of methoxy groups -OCH3 is 1. The lowest BCUT2D eigenvalue weighted by Crippen LogP contribution is -2.29. The predicted molar refractivity (Wildman–Crippen MR) is 175 cm³/mol. The summed E-state index contributed by atoms with van der Waals surface area (Å²) >= 11 is 7.88. The van der Waals surface area contributed by atoms with Crippen molar-refractivity contribution in [1.82, 2.24) is 35.7 Å². The van der Waals surface area contributed by atoms with Crippen molar-refractivity contribution in [3.05, 3.63) is 119 Å². The SMILES string of the molecule is COC(=O)Nc1ccc(-c2cc(C(Cc3ccccc3)NC(=O)/C=C/c3cc(Cl)ccc3-n3cnnn3)nnc2CSC)cc1. The normalized spacial score (nSPS) is 11.7. The number of ether oxygens (including phenoxy) is 1. The van der Waals surface area contributed by atoms with E-state index in [0.29, 0.717) is 39.8 Å². The zero-order valence-electron chi connectivity index (χ0n) is 24.4. The Labute approximate surface area is 269 Å². The molecule has 45 heavy (non-hydrogen) atoms. The maximum absolute atomic E-state index is 13.4. The number of anilines is 1. The number of tetrazole rings is 1. The van der Waals surface area contributed by atoms with E-state index in [1.807, 2.05) is 54.8 Å². The van der Waals surface area contributed by atoms with Crippen molar-refractivity contribution in [3.8, 4) is 16.8 Å². The van der Waals surface area contributed by atoms with Gasteiger partial charge in [0.25, 0.3) is 0 Å². The lowest BCUT2D eigenvalue weighted by atomic mass is 9.98. The number of carbonyl (C=O) groups is 2. The number of carbonyl (C=O) groups excluding carboxylic acids is 2. The Morgan fingerprint density at radius 1 is 1.04 bits per heavy atom. The molecule has 2 aromatic heterocycles. The Morgan fingerprint density at radius 3 is 2.56 bits per heavy atom. The minimum absolute atomic E-state index is 0.326. The molecule has 1 unspecified atom stereocenters. The topological polar surface area (TPSA) is 137 Å². The minimum Gasteiger partial charge on any atom is -0.453 e. The molecule has 13 heteroatoms. The first-order valence-electron chi connectivity index (χ1n) is 13.8. The number of nitrogens with one attached hydrogen (secondary N) is 2. The van der Waals surface area contributed by atoms with Gasteiger partial charge in [0.05, 0.1) is 30.2 Å². The van der Waals surface area contributed by atoms with Crippen LogP contribution in [0.15, 0.2) is 91.3 Å². The summed E-state index contributed by atoms with van der Waals surface area (Å²) in [6.07, 6.45) is 6.52. The van der Waals surface area contributed by atoms with Crippen LogP contribution < -0.4 is 10.6 Å². The average Bonchev–Trinajstić information content (AvgIpc) is 3.60. The van der Waals surface area contributed by atoms with Gasteiger partial charge in [0.1, 0.15) is 6.33 Å². The van der Waals surface area contributed by atoms with Crippen LogP contribution in [0, 0.1) is 0 Å². The summed E-state index contributed by atoms with van der Waals surface area (Å²) in [5, 5.41) is 26.8. The van der Waals surface area contributed by atoms with Crippen molar-refractivity contribution in [2.45, 2.75) is 18.2 Å². The summed E-state index contributed by atoms with van der Waals surface area (Å²) < 4.78 is 6.19. The Hall–Kier alpha value is -5.07. The third-order valence-electron chi connectivity index (χ3n) is 6.75. The number of hydrogen-bond acceptors (Lipinski definition) is 9. The van der Waals surface area contributed by atoms with Crippen molar-refractivity contribution in [2.24, 2.45) is 0 Å². The van der Waals surface area contributed by atoms with Gasteiger partial charge in [-0.25, -0.2) is 4.79 Å². The highest BCUT2D eigenvalue weighted by molar-refractivity contribution is 7.97. The summed E-state index contributed by atoms with van der Waals surface area (Å²) in [7, 11) is 1.31. The molecule has 0 saturated carbocycles. The molecule has 5 aromatic rings. The summed E-state index contributed by atoms with van der Waals surface area (Å²) in [6, 6.07) is 24.0. The first-order valence-corrected chi connectivity index (χ1v) is 15.6. The molecule has 0 aliphatic rings. The molecule has 0 aliphatic heterocycles. The van der Waals surface area contributed by atoms with Gasteiger partial charge in [-0.05, 0) is 76.7 Å². The van der Waals surface area contributed by atoms with Gasteiger partial charge < -0.3 is 10.1 Å². The van der Waals surface area contributed by atoms with E-state index in [0.717, 1.165) is 22.4 Å². The molecule has 1 atom stereocenters. The molecule has 2 N–H and O–H groups in total. The molecule has 3 aromatic carbocycles. The van der Waals surface area contributed by atoms with Crippen molar-refractivity contribution >= 4 is 47.1 Å². The molecule has 0 radical (unpaired) electrons. The van der Waals surface area contributed by atoms with Crippen molar-refractivity contribution in [3.63, 3.8) is 0 Å². The molecule has 11 nitrogen and oxygen atoms in total. The summed E-state index contributed by atoms with van der Waals surface area (Å²) in [6.45, 7) is 0. The molecule has 5 rings (SSSR count). The molecule has 0 saturated heterocycles. The quantitative estimate of drug-likeness (QED) is 0.168. The number of aromatic nitrogens is 6.